The highest BCUT2D eigenvalue weighted by molar-refractivity contribution is 5.19. The topological polar surface area (TPSA) is 26.0 Å². The van der Waals surface area contributed by atoms with Gasteiger partial charge < -0.3 is 5.73 Å². The van der Waals surface area contributed by atoms with E-state index in [1.807, 2.05) is 0 Å². The molecule has 2 rings (SSSR count). The molecule has 0 radical (unpaired) electrons. The molecule has 1 saturated carbocycles. The fourth-order valence-corrected chi connectivity index (χ4v) is 3.06. The summed E-state index contributed by atoms with van der Waals surface area (Å²) in [5.74, 6) is 1.54. The third-order valence-corrected chi connectivity index (χ3v) is 4.20. The van der Waals surface area contributed by atoms with Crippen molar-refractivity contribution in [2.45, 2.75) is 50.9 Å². The molecule has 94 valence electrons. The average molecular weight is 231 g/mol. The van der Waals surface area contributed by atoms with Crippen LogP contribution in [0.25, 0.3) is 0 Å². The zero-order valence-corrected chi connectivity index (χ0v) is 10.8. The van der Waals surface area contributed by atoms with Crippen molar-refractivity contribution in [3.63, 3.8) is 0 Å². The van der Waals surface area contributed by atoms with Crippen molar-refractivity contribution in [2.75, 3.05) is 6.54 Å². The van der Waals surface area contributed by atoms with E-state index in [1.165, 1.54) is 50.5 Å². The highest BCUT2D eigenvalue weighted by Gasteiger charge is 2.16. The van der Waals surface area contributed by atoms with Crippen LogP contribution in [0.2, 0.25) is 0 Å². The molecule has 1 nitrogen and oxygen atoms in total. The van der Waals surface area contributed by atoms with Crippen LogP contribution in [0, 0.1) is 5.92 Å². The second kappa shape index (κ2) is 6.80. The van der Waals surface area contributed by atoms with E-state index in [2.05, 4.69) is 30.3 Å². The second-order valence-corrected chi connectivity index (χ2v) is 5.42. The Morgan fingerprint density at radius 3 is 2.41 bits per heavy atom. The van der Waals surface area contributed by atoms with Crippen LogP contribution in [0.1, 0.15) is 56.4 Å². The van der Waals surface area contributed by atoms with Crippen molar-refractivity contribution in [2.24, 2.45) is 11.7 Å². The van der Waals surface area contributed by atoms with Crippen LogP contribution in [-0.4, -0.2) is 6.54 Å². The lowest BCUT2D eigenvalue weighted by molar-refractivity contribution is 0.324. The minimum Gasteiger partial charge on any atom is -0.330 e. The molecule has 0 spiro atoms. The smallest absolute Gasteiger partial charge is 0.000824 e. The maximum Gasteiger partial charge on any atom is -0.000824 e. The predicted molar refractivity (Wildman–Crippen MR) is 74.0 cm³/mol. The summed E-state index contributed by atoms with van der Waals surface area (Å²) in [6, 6.07) is 10.8. The van der Waals surface area contributed by atoms with Crippen molar-refractivity contribution in [3.8, 4) is 0 Å². The number of hydrogen-bond acceptors (Lipinski definition) is 1. The Hall–Kier alpha value is -0.820. The normalized spacial score (nSPS) is 19.1. The molecule has 0 saturated heterocycles. The fourth-order valence-electron chi connectivity index (χ4n) is 3.06. The lowest BCUT2D eigenvalue weighted by Crippen LogP contribution is -2.15. The summed E-state index contributed by atoms with van der Waals surface area (Å²) in [5.41, 5.74) is 7.34. The molecule has 0 aromatic heterocycles. The Bertz CT molecular complexity index is 301. The van der Waals surface area contributed by atoms with E-state index in [1.54, 1.807) is 0 Å². The number of benzene rings is 1. The Balaban J connectivity index is 1.83. The van der Waals surface area contributed by atoms with Gasteiger partial charge in [-0.2, -0.15) is 0 Å². The molecule has 0 heterocycles. The molecule has 1 unspecified atom stereocenters. The van der Waals surface area contributed by atoms with Crippen molar-refractivity contribution >= 4 is 0 Å². The molecule has 0 bridgehead atoms. The summed E-state index contributed by atoms with van der Waals surface area (Å²) in [5, 5.41) is 0. The zero-order valence-electron chi connectivity index (χ0n) is 10.8. The standard InChI is InChI=1S/C16H25N/c17-13-16(15-9-5-2-6-10-15)12-11-14-7-3-1-4-8-14/h2,5-6,9-10,14,16H,1,3-4,7-8,11-13,17H2. The van der Waals surface area contributed by atoms with Gasteiger partial charge in [0.2, 0.25) is 0 Å². The first-order valence-corrected chi connectivity index (χ1v) is 7.15. The van der Waals surface area contributed by atoms with Gasteiger partial charge in [0.05, 0.1) is 0 Å². The molecule has 1 atom stereocenters. The Morgan fingerprint density at radius 2 is 1.76 bits per heavy atom. The van der Waals surface area contributed by atoms with Gasteiger partial charge in [0.15, 0.2) is 0 Å². The lowest BCUT2D eigenvalue weighted by atomic mass is 9.83. The summed E-state index contributed by atoms with van der Waals surface area (Å²) in [6.07, 6.45) is 9.89. The van der Waals surface area contributed by atoms with E-state index in [4.69, 9.17) is 5.73 Å². The molecular weight excluding hydrogens is 206 g/mol. The molecule has 17 heavy (non-hydrogen) atoms. The first-order valence-electron chi connectivity index (χ1n) is 7.15. The van der Waals surface area contributed by atoms with Crippen LogP contribution >= 0.6 is 0 Å². The Kier molecular flexibility index (Phi) is 5.06. The summed E-state index contributed by atoms with van der Waals surface area (Å²) in [6.45, 7) is 0.788. The van der Waals surface area contributed by atoms with E-state index in [0.29, 0.717) is 5.92 Å². The third kappa shape index (κ3) is 3.85. The van der Waals surface area contributed by atoms with E-state index < -0.39 is 0 Å². The molecule has 1 fully saturated rings. The minimum atomic E-state index is 0.568. The SMILES string of the molecule is NCC(CCC1CCCCC1)c1ccccc1. The summed E-state index contributed by atoms with van der Waals surface area (Å²) < 4.78 is 0. The summed E-state index contributed by atoms with van der Waals surface area (Å²) in [4.78, 5) is 0. The second-order valence-electron chi connectivity index (χ2n) is 5.42. The zero-order chi connectivity index (χ0) is 11.9. The van der Waals surface area contributed by atoms with Gasteiger partial charge in [-0.1, -0.05) is 62.4 Å². The third-order valence-electron chi connectivity index (χ3n) is 4.20. The Labute approximate surface area is 105 Å². The van der Waals surface area contributed by atoms with Crippen LogP contribution in [0.5, 0.6) is 0 Å². The fraction of sp³-hybridized carbons (Fsp3) is 0.625. The van der Waals surface area contributed by atoms with Crippen LogP contribution in [0.4, 0.5) is 0 Å². The van der Waals surface area contributed by atoms with Crippen LogP contribution in [0.3, 0.4) is 0 Å². The molecular formula is C16H25N. The van der Waals surface area contributed by atoms with Crippen molar-refractivity contribution in [1.82, 2.24) is 0 Å². The number of hydrogen-bond donors (Lipinski definition) is 1. The van der Waals surface area contributed by atoms with E-state index in [0.717, 1.165) is 12.5 Å². The summed E-state index contributed by atoms with van der Waals surface area (Å²) >= 11 is 0. The minimum absolute atomic E-state index is 0.568. The van der Waals surface area contributed by atoms with Gasteiger partial charge in [0.1, 0.15) is 0 Å². The van der Waals surface area contributed by atoms with E-state index >= 15 is 0 Å². The largest absolute Gasteiger partial charge is 0.330 e. The van der Waals surface area contributed by atoms with Crippen molar-refractivity contribution in [3.05, 3.63) is 35.9 Å². The van der Waals surface area contributed by atoms with Gasteiger partial charge in [-0.25, -0.2) is 0 Å². The van der Waals surface area contributed by atoms with Gasteiger partial charge in [-0.05, 0) is 36.8 Å². The highest BCUT2D eigenvalue weighted by atomic mass is 14.5. The van der Waals surface area contributed by atoms with Crippen LogP contribution in [0.15, 0.2) is 30.3 Å². The van der Waals surface area contributed by atoms with Crippen LogP contribution < -0.4 is 5.73 Å². The molecule has 1 aliphatic carbocycles. The van der Waals surface area contributed by atoms with Gasteiger partial charge in [-0.3, -0.25) is 0 Å². The van der Waals surface area contributed by atoms with Gasteiger partial charge >= 0.3 is 0 Å². The molecule has 2 N–H and O–H groups in total. The van der Waals surface area contributed by atoms with Gasteiger partial charge in [0.25, 0.3) is 0 Å². The predicted octanol–water partition coefficient (Wildman–Crippen LogP) is 4.09. The van der Waals surface area contributed by atoms with E-state index in [9.17, 15) is 0 Å². The maximum atomic E-state index is 5.92. The first kappa shape index (κ1) is 12.6. The molecule has 1 aromatic rings. The average Bonchev–Trinajstić information content (AvgIpc) is 2.42. The highest BCUT2D eigenvalue weighted by Crippen LogP contribution is 2.30. The van der Waals surface area contributed by atoms with E-state index in [-0.39, 0.29) is 0 Å². The molecule has 1 aromatic carbocycles. The molecule has 0 aliphatic heterocycles. The maximum absolute atomic E-state index is 5.92. The lowest BCUT2D eigenvalue weighted by Gasteiger charge is -2.24. The molecule has 1 heteroatoms. The number of nitrogens with two attached hydrogens (primary N) is 1. The van der Waals surface area contributed by atoms with Gasteiger partial charge in [0, 0.05) is 0 Å². The first-order chi connectivity index (χ1) is 8.40. The molecule has 0 amide bonds. The van der Waals surface area contributed by atoms with Crippen molar-refractivity contribution in [1.29, 1.82) is 0 Å². The summed E-state index contributed by atoms with van der Waals surface area (Å²) in [7, 11) is 0. The van der Waals surface area contributed by atoms with Gasteiger partial charge in [-0.15, -0.1) is 0 Å². The van der Waals surface area contributed by atoms with Crippen molar-refractivity contribution < 1.29 is 0 Å². The monoisotopic (exact) mass is 231 g/mol. The molecule has 1 aliphatic rings. The van der Waals surface area contributed by atoms with Crippen LogP contribution in [-0.2, 0) is 0 Å². The number of rotatable bonds is 5. The Morgan fingerprint density at radius 1 is 1.06 bits per heavy atom. The quantitative estimate of drug-likeness (QED) is 0.811.